The lowest BCUT2D eigenvalue weighted by Gasteiger charge is -2.09. The average molecular weight is 469 g/mol. The van der Waals surface area contributed by atoms with Crippen molar-refractivity contribution < 1.29 is 9.53 Å². The number of nitrogens with one attached hydrogen (secondary N) is 1. The zero-order chi connectivity index (χ0) is 18.6. The molecule has 4 rings (SSSR count). The Bertz CT molecular complexity index is 1070. The van der Waals surface area contributed by atoms with E-state index in [-0.39, 0.29) is 5.91 Å². The molecule has 1 N–H and O–H groups in total. The van der Waals surface area contributed by atoms with Gasteiger partial charge in [-0.05, 0) is 65.1 Å². The number of benzene rings is 2. The summed E-state index contributed by atoms with van der Waals surface area (Å²) in [7, 11) is 0. The number of halogens is 1. The van der Waals surface area contributed by atoms with Crippen LogP contribution in [0.1, 0.15) is 16.1 Å². The van der Waals surface area contributed by atoms with Crippen LogP contribution in [-0.4, -0.2) is 15.3 Å². The van der Waals surface area contributed by atoms with Gasteiger partial charge in [-0.2, -0.15) is 0 Å². The smallest absolute Gasteiger partial charge is 0.255 e. The van der Waals surface area contributed by atoms with Crippen molar-refractivity contribution in [2.75, 3.05) is 5.32 Å². The Morgan fingerprint density at radius 3 is 2.78 bits per heavy atom. The van der Waals surface area contributed by atoms with Crippen molar-refractivity contribution in [1.29, 1.82) is 0 Å². The largest absolute Gasteiger partial charge is 0.487 e. The summed E-state index contributed by atoms with van der Waals surface area (Å²) in [6.45, 7) is 0.337. The second-order valence-electron chi connectivity index (χ2n) is 5.95. The number of carbonyl (C=O) groups excluding carboxylic acids is 1. The molecule has 0 saturated carbocycles. The summed E-state index contributed by atoms with van der Waals surface area (Å²) in [5, 5.41) is 2.93. The number of hydrogen-bond acceptors (Lipinski definition) is 3. The Balaban J connectivity index is 1.45. The number of para-hydroxylation sites is 1. The zero-order valence-corrected chi connectivity index (χ0v) is 16.5. The Hall–Kier alpha value is -2.87. The minimum atomic E-state index is -0.169. The van der Waals surface area contributed by atoms with Crippen LogP contribution in [0.15, 0.2) is 79.1 Å². The first-order valence-electron chi connectivity index (χ1n) is 8.40. The molecule has 0 radical (unpaired) electrons. The van der Waals surface area contributed by atoms with Crippen molar-refractivity contribution in [3.05, 3.63) is 94.0 Å². The highest BCUT2D eigenvalue weighted by molar-refractivity contribution is 14.1. The van der Waals surface area contributed by atoms with E-state index in [1.165, 1.54) is 0 Å². The molecule has 2 aromatic heterocycles. The normalized spacial score (nSPS) is 10.7. The number of carbonyl (C=O) groups is 1. The first kappa shape index (κ1) is 17.5. The van der Waals surface area contributed by atoms with Crippen molar-refractivity contribution in [3.63, 3.8) is 0 Å². The molecule has 0 saturated heterocycles. The van der Waals surface area contributed by atoms with E-state index < -0.39 is 0 Å². The summed E-state index contributed by atoms with van der Waals surface area (Å²) in [4.78, 5) is 17.0. The molecule has 0 spiro atoms. The van der Waals surface area contributed by atoms with E-state index in [0.29, 0.717) is 17.9 Å². The van der Waals surface area contributed by atoms with Crippen molar-refractivity contribution in [1.82, 2.24) is 9.38 Å². The van der Waals surface area contributed by atoms with Gasteiger partial charge in [-0.3, -0.25) is 4.79 Å². The fourth-order valence-corrected chi connectivity index (χ4v) is 3.22. The number of anilines is 1. The van der Waals surface area contributed by atoms with E-state index in [4.69, 9.17) is 4.74 Å². The monoisotopic (exact) mass is 469 g/mol. The molecule has 0 bridgehead atoms. The van der Waals surface area contributed by atoms with Gasteiger partial charge in [0.1, 0.15) is 18.0 Å². The highest BCUT2D eigenvalue weighted by atomic mass is 127. The molecule has 134 valence electrons. The van der Waals surface area contributed by atoms with Crippen LogP contribution in [-0.2, 0) is 6.61 Å². The fraction of sp³-hybridized carbons (Fsp3) is 0.0476. The van der Waals surface area contributed by atoms with Crippen LogP contribution in [0.3, 0.4) is 0 Å². The fourth-order valence-electron chi connectivity index (χ4n) is 2.70. The number of aromatic nitrogens is 2. The molecular formula is C21H16IN3O2. The third kappa shape index (κ3) is 4.11. The molecule has 27 heavy (non-hydrogen) atoms. The summed E-state index contributed by atoms with van der Waals surface area (Å²) >= 11 is 2.20. The first-order valence-corrected chi connectivity index (χ1v) is 9.48. The molecule has 2 heterocycles. The summed E-state index contributed by atoms with van der Waals surface area (Å²) in [5.41, 5.74) is 3.04. The minimum absolute atomic E-state index is 0.169. The third-order valence-corrected chi connectivity index (χ3v) is 4.96. The maximum Gasteiger partial charge on any atom is 0.255 e. The number of fused-ring (bicyclic) bond motifs is 1. The van der Waals surface area contributed by atoms with Gasteiger partial charge in [0.15, 0.2) is 0 Å². The van der Waals surface area contributed by atoms with E-state index in [2.05, 4.69) is 32.9 Å². The average Bonchev–Trinajstić information content (AvgIpc) is 3.11. The van der Waals surface area contributed by atoms with Gasteiger partial charge in [0.05, 0.1) is 11.4 Å². The Morgan fingerprint density at radius 2 is 1.93 bits per heavy atom. The van der Waals surface area contributed by atoms with Gasteiger partial charge in [0.2, 0.25) is 0 Å². The Kier molecular flexibility index (Phi) is 5.06. The number of ether oxygens (including phenoxy) is 1. The standard InChI is InChI=1S/C21H16IN3O2/c22-18-8-1-2-9-19(18)24-21(26)15-6-5-7-17(12-15)27-14-16-13-25-11-4-3-10-20(25)23-16/h1-13H,14H2,(H,24,26). The number of nitrogens with zero attached hydrogens (tertiary/aromatic N) is 2. The van der Waals surface area contributed by atoms with Crippen LogP contribution < -0.4 is 10.1 Å². The van der Waals surface area contributed by atoms with Gasteiger partial charge in [-0.25, -0.2) is 4.98 Å². The predicted octanol–water partition coefficient (Wildman–Crippen LogP) is 4.77. The molecule has 0 fully saturated rings. The van der Waals surface area contributed by atoms with Gasteiger partial charge >= 0.3 is 0 Å². The van der Waals surface area contributed by atoms with E-state index in [1.54, 1.807) is 12.1 Å². The van der Waals surface area contributed by atoms with Crippen molar-refractivity contribution >= 4 is 39.8 Å². The van der Waals surface area contributed by atoms with Gasteiger partial charge < -0.3 is 14.5 Å². The lowest BCUT2D eigenvalue weighted by Crippen LogP contribution is -2.12. The summed E-state index contributed by atoms with van der Waals surface area (Å²) in [6.07, 6.45) is 3.88. The molecule has 1 amide bonds. The van der Waals surface area contributed by atoms with E-state index >= 15 is 0 Å². The number of pyridine rings is 1. The van der Waals surface area contributed by atoms with Crippen LogP contribution in [0.4, 0.5) is 5.69 Å². The maximum absolute atomic E-state index is 12.5. The molecule has 6 heteroatoms. The SMILES string of the molecule is O=C(Nc1ccccc1I)c1cccc(OCc2cn3ccccc3n2)c1. The van der Waals surface area contributed by atoms with Crippen molar-refractivity contribution in [2.24, 2.45) is 0 Å². The molecule has 0 aliphatic rings. The Labute approximate surface area is 170 Å². The van der Waals surface area contributed by atoms with Crippen LogP contribution in [0, 0.1) is 3.57 Å². The molecular weight excluding hydrogens is 453 g/mol. The lowest BCUT2D eigenvalue weighted by atomic mass is 10.2. The van der Waals surface area contributed by atoms with Crippen LogP contribution in [0.2, 0.25) is 0 Å². The molecule has 0 atom stereocenters. The van der Waals surface area contributed by atoms with E-state index in [1.807, 2.05) is 71.4 Å². The minimum Gasteiger partial charge on any atom is -0.487 e. The summed E-state index contributed by atoms with van der Waals surface area (Å²) < 4.78 is 8.77. The molecule has 0 aliphatic carbocycles. The highest BCUT2D eigenvalue weighted by Crippen LogP contribution is 2.20. The van der Waals surface area contributed by atoms with Crippen LogP contribution >= 0.6 is 22.6 Å². The van der Waals surface area contributed by atoms with E-state index in [9.17, 15) is 4.79 Å². The molecule has 4 aromatic rings. The van der Waals surface area contributed by atoms with Crippen molar-refractivity contribution in [3.8, 4) is 5.75 Å². The highest BCUT2D eigenvalue weighted by Gasteiger charge is 2.09. The molecule has 5 nitrogen and oxygen atoms in total. The van der Waals surface area contributed by atoms with Crippen molar-refractivity contribution in [2.45, 2.75) is 6.61 Å². The quantitative estimate of drug-likeness (QED) is 0.429. The molecule has 2 aromatic carbocycles. The van der Waals surface area contributed by atoms with Gasteiger partial charge in [-0.1, -0.05) is 24.3 Å². The topological polar surface area (TPSA) is 55.6 Å². The summed E-state index contributed by atoms with van der Waals surface area (Å²) in [5.74, 6) is 0.458. The van der Waals surface area contributed by atoms with E-state index in [0.717, 1.165) is 20.6 Å². The number of amides is 1. The summed E-state index contributed by atoms with van der Waals surface area (Å²) in [6, 6.07) is 20.6. The van der Waals surface area contributed by atoms with Crippen LogP contribution in [0.5, 0.6) is 5.75 Å². The maximum atomic E-state index is 12.5. The second-order valence-corrected chi connectivity index (χ2v) is 7.11. The predicted molar refractivity (Wildman–Crippen MR) is 113 cm³/mol. The second kappa shape index (κ2) is 7.79. The zero-order valence-electron chi connectivity index (χ0n) is 14.3. The van der Waals surface area contributed by atoms with Crippen LogP contribution in [0.25, 0.3) is 5.65 Å². The number of hydrogen-bond donors (Lipinski definition) is 1. The lowest BCUT2D eigenvalue weighted by molar-refractivity contribution is 0.102. The molecule has 0 aliphatic heterocycles. The van der Waals surface area contributed by atoms with Gasteiger partial charge in [0, 0.05) is 21.5 Å². The Morgan fingerprint density at radius 1 is 1.07 bits per heavy atom. The van der Waals surface area contributed by atoms with Gasteiger partial charge in [-0.15, -0.1) is 0 Å². The number of rotatable bonds is 5. The number of imidazole rings is 1. The van der Waals surface area contributed by atoms with Gasteiger partial charge in [0.25, 0.3) is 5.91 Å². The third-order valence-electron chi connectivity index (χ3n) is 4.02. The first-order chi connectivity index (χ1) is 13.2. The molecule has 0 unspecified atom stereocenters.